The molecule has 14 heavy (non-hydrogen) atoms. The molecule has 1 aromatic rings. The fourth-order valence-corrected chi connectivity index (χ4v) is 0.865. The van der Waals surface area contributed by atoms with Crippen molar-refractivity contribution in [1.82, 2.24) is 4.98 Å². The van der Waals surface area contributed by atoms with E-state index in [-0.39, 0.29) is 11.6 Å². The van der Waals surface area contributed by atoms with E-state index < -0.39 is 11.9 Å². The third-order valence-electron chi connectivity index (χ3n) is 1.63. The highest BCUT2D eigenvalue weighted by Gasteiger charge is 2.09. The molecule has 0 spiro atoms. The molecule has 0 radical (unpaired) electrons. The van der Waals surface area contributed by atoms with Crippen LogP contribution >= 0.6 is 0 Å². The highest BCUT2D eigenvalue weighted by Crippen LogP contribution is 2.08. The molecule has 0 bridgehead atoms. The summed E-state index contributed by atoms with van der Waals surface area (Å²) >= 11 is 0. The Morgan fingerprint density at radius 1 is 1.57 bits per heavy atom. The topological polar surface area (TPSA) is 114 Å². The summed E-state index contributed by atoms with van der Waals surface area (Å²) in [5.41, 5.74) is 11.1. The Labute approximate surface area is 80.7 Å². The quantitative estimate of drug-likeness (QED) is 0.517. The number of H-pyrrole nitrogens is 1. The third kappa shape index (κ3) is 2.33. The van der Waals surface area contributed by atoms with Crippen LogP contribution in [0.2, 0.25) is 0 Å². The molecule has 1 rings (SSSR count). The maximum absolute atomic E-state index is 11.1. The van der Waals surface area contributed by atoms with Gasteiger partial charge in [-0.05, 0) is 13.0 Å². The first-order valence-corrected chi connectivity index (χ1v) is 4.05. The molecule has 1 atom stereocenters. The maximum Gasteiger partial charge on any atom is 0.265 e. The number of nitrogens with one attached hydrogen (secondary N) is 2. The van der Waals surface area contributed by atoms with Gasteiger partial charge in [0.25, 0.3) is 5.91 Å². The number of carbonyl (C=O) groups excluding carboxylic acids is 2. The summed E-state index contributed by atoms with van der Waals surface area (Å²) in [4.78, 5) is 24.4. The second-order valence-electron chi connectivity index (χ2n) is 2.94. The van der Waals surface area contributed by atoms with Gasteiger partial charge in [-0.25, -0.2) is 0 Å². The second kappa shape index (κ2) is 3.93. The summed E-state index contributed by atoms with van der Waals surface area (Å²) in [6, 6.07) is 0.852. The number of hydrogen-bond donors (Lipinski definition) is 4. The Bertz CT molecular complexity index is 356. The van der Waals surface area contributed by atoms with Crippen LogP contribution in [0.4, 0.5) is 5.69 Å². The van der Waals surface area contributed by atoms with Gasteiger partial charge in [-0.3, -0.25) is 9.59 Å². The van der Waals surface area contributed by atoms with E-state index >= 15 is 0 Å². The van der Waals surface area contributed by atoms with Crippen LogP contribution in [0.5, 0.6) is 0 Å². The standard InChI is InChI=1S/C8H12N4O2/c1-4(9)8(14)12-5-2-6(7(10)13)11-3-5/h2-4,11H,9H2,1H3,(H2,10,13)(H,12,14). The Balaban J connectivity index is 2.69. The molecule has 6 nitrogen and oxygen atoms in total. The fourth-order valence-electron chi connectivity index (χ4n) is 0.865. The number of nitrogens with two attached hydrogens (primary N) is 2. The van der Waals surface area contributed by atoms with Gasteiger partial charge in [0.1, 0.15) is 5.69 Å². The zero-order valence-electron chi connectivity index (χ0n) is 7.70. The van der Waals surface area contributed by atoms with Crippen molar-refractivity contribution >= 4 is 17.5 Å². The first-order chi connectivity index (χ1) is 6.50. The zero-order valence-corrected chi connectivity index (χ0v) is 7.70. The van der Waals surface area contributed by atoms with Gasteiger partial charge in [0.2, 0.25) is 5.91 Å². The lowest BCUT2D eigenvalue weighted by Crippen LogP contribution is -2.32. The fraction of sp³-hybridized carbons (Fsp3) is 0.250. The molecule has 0 aliphatic rings. The van der Waals surface area contributed by atoms with Crippen molar-refractivity contribution in [2.45, 2.75) is 13.0 Å². The number of carbonyl (C=O) groups is 2. The highest BCUT2D eigenvalue weighted by atomic mass is 16.2. The molecular formula is C8H12N4O2. The van der Waals surface area contributed by atoms with Gasteiger partial charge in [-0.1, -0.05) is 0 Å². The molecule has 0 saturated carbocycles. The molecule has 0 aliphatic carbocycles. The van der Waals surface area contributed by atoms with Gasteiger partial charge in [-0.2, -0.15) is 0 Å². The molecule has 1 unspecified atom stereocenters. The Morgan fingerprint density at radius 3 is 2.64 bits per heavy atom. The van der Waals surface area contributed by atoms with Crippen LogP contribution < -0.4 is 16.8 Å². The minimum absolute atomic E-state index is 0.241. The Morgan fingerprint density at radius 2 is 2.21 bits per heavy atom. The van der Waals surface area contributed by atoms with Gasteiger partial charge in [0.15, 0.2) is 0 Å². The lowest BCUT2D eigenvalue weighted by Gasteiger charge is -2.04. The van der Waals surface area contributed by atoms with Crippen LogP contribution in [0.15, 0.2) is 12.3 Å². The number of rotatable bonds is 3. The largest absolute Gasteiger partial charge is 0.364 e. The van der Waals surface area contributed by atoms with E-state index in [0.29, 0.717) is 5.69 Å². The van der Waals surface area contributed by atoms with E-state index in [2.05, 4.69) is 10.3 Å². The van der Waals surface area contributed by atoms with Gasteiger partial charge >= 0.3 is 0 Å². The Hall–Kier alpha value is -1.82. The number of primary amides is 1. The van der Waals surface area contributed by atoms with Crippen molar-refractivity contribution in [3.63, 3.8) is 0 Å². The van der Waals surface area contributed by atoms with Crippen molar-refractivity contribution in [2.75, 3.05) is 5.32 Å². The summed E-state index contributed by atoms with van der Waals surface area (Å²) in [5, 5.41) is 2.51. The Kier molecular flexibility index (Phi) is 2.88. The van der Waals surface area contributed by atoms with Crippen molar-refractivity contribution in [3.8, 4) is 0 Å². The van der Waals surface area contributed by atoms with E-state index in [1.807, 2.05) is 0 Å². The number of anilines is 1. The lowest BCUT2D eigenvalue weighted by atomic mass is 10.3. The molecule has 1 heterocycles. The molecule has 0 saturated heterocycles. The minimum Gasteiger partial charge on any atom is -0.364 e. The molecule has 76 valence electrons. The first kappa shape index (κ1) is 10.3. The molecule has 1 aromatic heterocycles. The van der Waals surface area contributed by atoms with Gasteiger partial charge < -0.3 is 21.8 Å². The van der Waals surface area contributed by atoms with Crippen LogP contribution in [-0.4, -0.2) is 22.8 Å². The SMILES string of the molecule is CC(N)C(=O)Nc1c[nH]c(C(N)=O)c1. The van der Waals surface area contributed by atoms with E-state index in [4.69, 9.17) is 11.5 Å². The molecule has 0 aliphatic heterocycles. The van der Waals surface area contributed by atoms with Crippen LogP contribution in [0.3, 0.4) is 0 Å². The van der Waals surface area contributed by atoms with Crippen molar-refractivity contribution in [1.29, 1.82) is 0 Å². The highest BCUT2D eigenvalue weighted by molar-refractivity contribution is 5.97. The molecule has 6 N–H and O–H groups in total. The van der Waals surface area contributed by atoms with Crippen molar-refractivity contribution in [3.05, 3.63) is 18.0 Å². The van der Waals surface area contributed by atoms with E-state index in [1.54, 1.807) is 6.92 Å². The van der Waals surface area contributed by atoms with Crippen LogP contribution in [0.1, 0.15) is 17.4 Å². The summed E-state index contributed by atoms with van der Waals surface area (Å²) in [5.74, 6) is -0.897. The number of aromatic nitrogens is 1. The van der Waals surface area contributed by atoms with E-state index in [0.717, 1.165) is 0 Å². The predicted molar refractivity (Wildman–Crippen MR) is 51.6 cm³/mol. The normalized spacial score (nSPS) is 12.1. The van der Waals surface area contributed by atoms with Gasteiger partial charge in [-0.15, -0.1) is 0 Å². The summed E-state index contributed by atoms with van der Waals surface area (Å²) in [6.45, 7) is 1.57. The van der Waals surface area contributed by atoms with Crippen molar-refractivity contribution < 1.29 is 9.59 Å². The number of aromatic amines is 1. The van der Waals surface area contributed by atoms with Crippen LogP contribution in [0, 0.1) is 0 Å². The second-order valence-corrected chi connectivity index (χ2v) is 2.94. The first-order valence-electron chi connectivity index (χ1n) is 4.05. The molecule has 6 heteroatoms. The van der Waals surface area contributed by atoms with Gasteiger partial charge in [0.05, 0.1) is 11.7 Å². The summed E-state index contributed by atoms with van der Waals surface area (Å²) < 4.78 is 0. The molecule has 2 amide bonds. The molecule has 0 aromatic carbocycles. The van der Waals surface area contributed by atoms with Crippen LogP contribution in [0.25, 0.3) is 0 Å². The van der Waals surface area contributed by atoms with E-state index in [9.17, 15) is 9.59 Å². The zero-order chi connectivity index (χ0) is 10.7. The average Bonchev–Trinajstić information content (AvgIpc) is 2.52. The molecular weight excluding hydrogens is 184 g/mol. The number of amides is 2. The summed E-state index contributed by atoms with van der Waals surface area (Å²) in [6.07, 6.45) is 1.47. The minimum atomic E-state index is -0.595. The maximum atomic E-state index is 11.1. The summed E-state index contributed by atoms with van der Waals surface area (Å²) in [7, 11) is 0. The van der Waals surface area contributed by atoms with Crippen molar-refractivity contribution in [2.24, 2.45) is 11.5 Å². The van der Waals surface area contributed by atoms with Crippen LogP contribution in [-0.2, 0) is 4.79 Å². The van der Waals surface area contributed by atoms with Gasteiger partial charge in [0, 0.05) is 6.20 Å². The van der Waals surface area contributed by atoms with E-state index in [1.165, 1.54) is 12.3 Å². The lowest BCUT2D eigenvalue weighted by molar-refractivity contribution is -0.117. The molecule has 0 fully saturated rings. The monoisotopic (exact) mass is 196 g/mol. The predicted octanol–water partition coefficient (Wildman–Crippen LogP) is -0.601. The third-order valence-corrected chi connectivity index (χ3v) is 1.63. The average molecular weight is 196 g/mol. The number of hydrogen-bond acceptors (Lipinski definition) is 3. The smallest absolute Gasteiger partial charge is 0.265 e.